The van der Waals surface area contributed by atoms with Crippen molar-refractivity contribution in [3.63, 3.8) is 0 Å². The molecule has 0 bridgehead atoms. The van der Waals surface area contributed by atoms with E-state index in [2.05, 4.69) is 52.0 Å². The number of aryl methyl sites for hydroxylation is 1. The van der Waals surface area contributed by atoms with Gasteiger partial charge in [0.2, 0.25) is 0 Å². The van der Waals surface area contributed by atoms with Crippen molar-refractivity contribution in [1.29, 1.82) is 0 Å². The molecule has 16 heavy (non-hydrogen) atoms. The third-order valence-corrected chi connectivity index (χ3v) is 3.35. The van der Waals surface area contributed by atoms with Crippen molar-refractivity contribution < 1.29 is 0 Å². The van der Waals surface area contributed by atoms with E-state index in [0.717, 1.165) is 5.88 Å². The molecule has 1 aromatic carbocycles. The van der Waals surface area contributed by atoms with E-state index in [1.165, 1.54) is 24.0 Å². The molecule has 90 valence electrons. The van der Waals surface area contributed by atoms with Crippen LogP contribution in [0.5, 0.6) is 0 Å². The fraction of sp³-hybridized carbons (Fsp3) is 0.600. The Kier molecular flexibility index (Phi) is 4.86. The highest BCUT2D eigenvalue weighted by molar-refractivity contribution is 6.18. The predicted octanol–water partition coefficient (Wildman–Crippen LogP) is 5.14. The monoisotopic (exact) mass is 238 g/mol. The Morgan fingerprint density at radius 2 is 1.69 bits per heavy atom. The van der Waals surface area contributed by atoms with Crippen molar-refractivity contribution in [2.75, 3.05) is 5.88 Å². The third-order valence-electron chi connectivity index (χ3n) is 2.98. The quantitative estimate of drug-likeness (QED) is 0.637. The molecule has 0 radical (unpaired) electrons. The van der Waals surface area contributed by atoms with Crippen LogP contribution in [-0.4, -0.2) is 5.88 Å². The first-order valence-electron chi connectivity index (χ1n) is 6.05. The van der Waals surface area contributed by atoms with Crippen LogP contribution in [0.3, 0.4) is 0 Å². The van der Waals surface area contributed by atoms with Crippen molar-refractivity contribution in [3.05, 3.63) is 35.4 Å². The number of halogens is 1. The fourth-order valence-corrected chi connectivity index (χ4v) is 2.11. The molecule has 1 aromatic rings. The molecule has 0 spiro atoms. The second-order valence-corrected chi connectivity index (χ2v) is 6.17. The Hall–Kier alpha value is -0.490. The average molecular weight is 239 g/mol. The molecule has 1 unspecified atom stereocenters. The first kappa shape index (κ1) is 13.6. The Bertz CT molecular complexity index is 305. The molecule has 0 heterocycles. The van der Waals surface area contributed by atoms with Gasteiger partial charge in [0.05, 0.1) is 0 Å². The molecule has 0 aliphatic carbocycles. The summed E-state index contributed by atoms with van der Waals surface area (Å²) >= 11 is 6.07. The molecule has 0 aromatic heterocycles. The van der Waals surface area contributed by atoms with Crippen LogP contribution in [0.15, 0.2) is 24.3 Å². The highest BCUT2D eigenvalue weighted by atomic mass is 35.5. The SMILES string of the molecule is Cc1ccc(C(CCl)CCC(C)(C)C)cc1. The average Bonchev–Trinajstić information content (AvgIpc) is 2.20. The minimum absolute atomic E-state index is 0.398. The van der Waals surface area contributed by atoms with E-state index in [0.29, 0.717) is 11.3 Å². The number of benzene rings is 1. The standard InChI is InChI=1S/C15H23Cl/c1-12-5-7-13(8-6-12)14(11-16)9-10-15(2,3)4/h5-8,14H,9-11H2,1-4H3. The number of rotatable bonds is 4. The van der Waals surface area contributed by atoms with Gasteiger partial charge in [0.15, 0.2) is 0 Å². The maximum Gasteiger partial charge on any atom is 0.0292 e. The van der Waals surface area contributed by atoms with Gasteiger partial charge in [-0.2, -0.15) is 0 Å². The molecular weight excluding hydrogens is 216 g/mol. The normalized spacial score (nSPS) is 13.8. The van der Waals surface area contributed by atoms with Gasteiger partial charge >= 0.3 is 0 Å². The van der Waals surface area contributed by atoms with Crippen molar-refractivity contribution >= 4 is 11.6 Å². The Labute approximate surface area is 105 Å². The highest BCUT2D eigenvalue weighted by Gasteiger charge is 2.16. The molecule has 1 heteroatoms. The summed E-state index contributed by atoms with van der Waals surface area (Å²) in [7, 11) is 0. The lowest BCUT2D eigenvalue weighted by Crippen LogP contribution is -2.09. The molecule has 0 saturated carbocycles. The van der Waals surface area contributed by atoms with Crippen molar-refractivity contribution in [2.24, 2.45) is 5.41 Å². The summed E-state index contributed by atoms with van der Waals surface area (Å²) in [6.45, 7) is 8.98. The van der Waals surface area contributed by atoms with E-state index in [-0.39, 0.29) is 0 Å². The molecule has 0 aliphatic heterocycles. The lowest BCUT2D eigenvalue weighted by atomic mass is 9.85. The maximum absolute atomic E-state index is 6.07. The lowest BCUT2D eigenvalue weighted by Gasteiger charge is -2.22. The lowest BCUT2D eigenvalue weighted by molar-refractivity contribution is 0.353. The smallest absolute Gasteiger partial charge is 0.0292 e. The molecular formula is C15H23Cl. The first-order valence-corrected chi connectivity index (χ1v) is 6.58. The van der Waals surface area contributed by atoms with Crippen molar-refractivity contribution in [1.82, 2.24) is 0 Å². The summed E-state index contributed by atoms with van der Waals surface area (Å²) in [6, 6.07) is 8.77. The topological polar surface area (TPSA) is 0 Å². The van der Waals surface area contributed by atoms with Crippen LogP contribution in [0, 0.1) is 12.3 Å². The first-order chi connectivity index (χ1) is 7.42. The second kappa shape index (κ2) is 5.72. The van der Waals surface area contributed by atoms with Crippen LogP contribution in [0.4, 0.5) is 0 Å². The summed E-state index contributed by atoms with van der Waals surface area (Å²) in [5.41, 5.74) is 3.09. The van der Waals surface area contributed by atoms with E-state index in [1.807, 2.05) is 0 Å². The van der Waals surface area contributed by atoms with Crippen LogP contribution >= 0.6 is 11.6 Å². The zero-order valence-corrected chi connectivity index (χ0v) is 11.6. The Morgan fingerprint density at radius 3 is 2.12 bits per heavy atom. The van der Waals surface area contributed by atoms with Crippen LogP contribution in [0.25, 0.3) is 0 Å². The Balaban J connectivity index is 2.64. The van der Waals surface area contributed by atoms with Gasteiger partial charge in [0.1, 0.15) is 0 Å². The van der Waals surface area contributed by atoms with Gasteiger partial charge in [0, 0.05) is 5.88 Å². The largest absolute Gasteiger partial charge is 0.126 e. The van der Waals surface area contributed by atoms with Crippen LogP contribution in [0.2, 0.25) is 0 Å². The van der Waals surface area contributed by atoms with E-state index in [4.69, 9.17) is 11.6 Å². The Morgan fingerprint density at radius 1 is 1.12 bits per heavy atom. The minimum Gasteiger partial charge on any atom is -0.126 e. The number of hydrogen-bond acceptors (Lipinski definition) is 0. The van der Waals surface area contributed by atoms with Gasteiger partial charge in [-0.1, -0.05) is 50.6 Å². The third kappa shape index (κ3) is 4.57. The number of hydrogen-bond donors (Lipinski definition) is 0. The predicted molar refractivity (Wildman–Crippen MR) is 73.3 cm³/mol. The molecule has 0 aliphatic rings. The zero-order chi connectivity index (χ0) is 12.2. The van der Waals surface area contributed by atoms with E-state index < -0.39 is 0 Å². The minimum atomic E-state index is 0.398. The molecule has 1 atom stereocenters. The van der Waals surface area contributed by atoms with Gasteiger partial charge in [-0.15, -0.1) is 11.6 Å². The van der Waals surface area contributed by atoms with Gasteiger partial charge in [-0.05, 0) is 36.7 Å². The zero-order valence-electron chi connectivity index (χ0n) is 10.9. The van der Waals surface area contributed by atoms with Crippen molar-refractivity contribution in [2.45, 2.75) is 46.5 Å². The summed E-state index contributed by atoms with van der Waals surface area (Å²) in [5.74, 6) is 1.22. The van der Waals surface area contributed by atoms with Gasteiger partial charge < -0.3 is 0 Å². The van der Waals surface area contributed by atoms with Crippen LogP contribution < -0.4 is 0 Å². The van der Waals surface area contributed by atoms with Gasteiger partial charge in [0.25, 0.3) is 0 Å². The molecule has 0 fully saturated rings. The maximum atomic E-state index is 6.07. The van der Waals surface area contributed by atoms with E-state index >= 15 is 0 Å². The molecule has 1 rings (SSSR count). The van der Waals surface area contributed by atoms with E-state index in [9.17, 15) is 0 Å². The van der Waals surface area contributed by atoms with E-state index in [1.54, 1.807) is 0 Å². The van der Waals surface area contributed by atoms with Gasteiger partial charge in [-0.3, -0.25) is 0 Å². The van der Waals surface area contributed by atoms with Gasteiger partial charge in [-0.25, -0.2) is 0 Å². The summed E-state index contributed by atoms with van der Waals surface area (Å²) in [5, 5.41) is 0. The fourth-order valence-electron chi connectivity index (χ4n) is 1.78. The molecule has 0 amide bonds. The summed E-state index contributed by atoms with van der Waals surface area (Å²) < 4.78 is 0. The number of alkyl halides is 1. The molecule has 0 nitrogen and oxygen atoms in total. The molecule has 0 N–H and O–H groups in total. The van der Waals surface area contributed by atoms with Crippen LogP contribution in [0.1, 0.15) is 50.7 Å². The summed E-state index contributed by atoms with van der Waals surface area (Å²) in [4.78, 5) is 0. The molecule has 0 saturated heterocycles. The highest BCUT2D eigenvalue weighted by Crippen LogP contribution is 2.29. The van der Waals surface area contributed by atoms with Crippen molar-refractivity contribution in [3.8, 4) is 0 Å². The summed E-state index contributed by atoms with van der Waals surface area (Å²) in [6.07, 6.45) is 2.40. The van der Waals surface area contributed by atoms with Crippen LogP contribution in [-0.2, 0) is 0 Å². The second-order valence-electron chi connectivity index (χ2n) is 5.86.